The molecule has 0 aromatic heterocycles. The SMILES string of the molecule is CC(COC(=O)c1ccccc1)C(c1ccc(O)c(O)c1)[C@H](NC(=O)OC(C)(C)C)C(=O)O. The Bertz CT molecular complexity index is 984. The van der Waals surface area contributed by atoms with Crippen LogP contribution in [0.15, 0.2) is 48.5 Å². The van der Waals surface area contributed by atoms with Gasteiger partial charge in [0, 0.05) is 5.92 Å². The number of amides is 1. The van der Waals surface area contributed by atoms with E-state index in [9.17, 15) is 29.7 Å². The molecule has 2 aromatic rings. The van der Waals surface area contributed by atoms with Gasteiger partial charge in [-0.15, -0.1) is 0 Å². The third-order valence-corrected chi connectivity index (χ3v) is 4.78. The lowest BCUT2D eigenvalue weighted by Gasteiger charge is -2.31. The molecule has 0 saturated heterocycles. The predicted octanol–water partition coefficient (Wildman–Crippen LogP) is 3.65. The first-order valence-electron chi connectivity index (χ1n) is 10.4. The van der Waals surface area contributed by atoms with Crippen molar-refractivity contribution in [2.24, 2.45) is 5.92 Å². The molecule has 0 aliphatic heterocycles. The Morgan fingerprint density at radius 3 is 2.18 bits per heavy atom. The lowest BCUT2D eigenvalue weighted by molar-refractivity contribution is -0.140. The fraction of sp³-hybridized carbons (Fsp3) is 0.375. The number of rotatable bonds is 8. The van der Waals surface area contributed by atoms with Crippen molar-refractivity contribution in [2.75, 3.05) is 6.61 Å². The number of aliphatic carboxylic acids is 1. The summed E-state index contributed by atoms with van der Waals surface area (Å²) in [4.78, 5) is 36.8. The first kappa shape index (κ1) is 25.5. The predicted molar refractivity (Wildman–Crippen MR) is 119 cm³/mol. The van der Waals surface area contributed by atoms with E-state index in [0.29, 0.717) is 11.1 Å². The summed E-state index contributed by atoms with van der Waals surface area (Å²) in [7, 11) is 0. The van der Waals surface area contributed by atoms with Gasteiger partial charge < -0.3 is 30.1 Å². The molecule has 178 valence electrons. The first-order valence-corrected chi connectivity index (χ1v) is 10.4. The molecule has 9 nitrogen and oxygen atoms in total. The second-order valence-corrected chi connectivity index (χ2v) is 8.68. The van der Waals surface area contributed by atoms with Crippen molar-refractivity contribution in [2.45, 2.75) is 45.3 Å². The Labute approximate surface area is 192 Å². The third-order valence-electron chi connectivity index (χ3n) is 4.78. The van der Waals surface area contributed by atoms with Gasteiger partial charge in [-0.05, 0) is 56.5 Å². The number of nitrogens with one attached hydrogen (secondary N) is 1. The van der Waals surface area contributed by atoms with Crippen LogP contribution in [0.3, 0.4) is 0 Å². The molecule has 2 unspecified atom stereocenters. The van der Waals surface area contributed by atoms with Crippen LogP contribution >= 0.6 is 0 Å². The molecule has 4 N–H and O–H groups in total. The Balaban J connectivity index is 2.32. The molecule has 0 spiro atoms. The molecule has 0 fully saturated rings. The number of alkyl carbamates (subject to hydrolysis) is 1. The Morgan fingerprint density at radius 1 is 1.00 bits per heavy atom. The number of carboxylic acids is 1. The Kier molecular flexibility index (Phi) is 8.28. The summed E-state index contributed by atoms with van der Waals surface area (Å²) >= 11 is 0. The smallest absolute Gasteiger partial charge is 0.408 e. The van der Waals surface area contributed by atoms with Crippen molar-refractivity contribution in [3.05, 3.63) is 59.7 Å². The van der Waals surface area contributed by atoms with Crippen LogP contribution in [0.5, 0.6) is 11.5 Å². The van der Waals surface area contributed by atoms with Crippen LogP contribution < -0.4 is 5.32 Å². The average Bonchev–Trinajstić information content (AvgIpc) is 2.73. The van der Waals surface area contributed by atoms with Crippen molar-refractivity contribution < 1.29 is 39.2 Å². The number of carbonyl (C=O) groups is 3. The fourth-order valence-electron chi connectivity index (χ4n) is 3.31. The average molecular weight is 459 g/mol. The molecule has 9 heteroatoms. The van der Waals surface area contributed by atoms with E-state index in [-0.39, 0.29) is 12.4 Å². The number of carbonyl (C=O) groups excluding carboxylic acids is 2. The van der Waals surface area contributed by atoms with E-state index in [1.807, 2.05) is 0 Å². The van der Waals surface area contributed by atoms with Gasteiger partial charge in [0.15, 0.2) is 11.5 Å². The lowest BCUT2D eigenvalue weighted by atomic mass is 9.81. The van der Waals surface area contributed by atoms with Gasteiger partial charge >= 0.3 is 18.0 Å². The van der Waals surface area contributed by atoms with Crippen LogP contribution in [0.25, 0.3) is 0 Å². The maximum Gasteiger partial charge on any atom is 0.408 e. The van der Waals surface area contributed by atoms with Crippen LogP contribution in [-0.4, -0.2) is 51.6 Å². The van der Waals surface area contributed by atoms with E-state index >= 15 is 0 Å². The zero-order valence-corrected chi connectivity index (χ0v) is 18.9. The van der Waals surface area contributed by atoms with Crippen molar-refractivity contribution in [3.63, 3.8) is 0 Å². The van der Waals surface area contributed by atoms with Crippen LogP contribution in [0.2, 0.25) is 0 Å². The summed E-state index contributed by atoms with van der Waals surface area (Å²) in [5, 5.41) is 31.9. The number of phenols is 2. The summed E-state index contributed by atoms with van der Waals surface area (Å²) < 4.78 is 10.6. The number of ether oxygens (including phenoxy) is 2. The van der Waals surface area contributed by atoms with Crippen LogP contribution in [0.1, 0.15) is 49.5 Å². The second kappa shape index (κ2) is 10.7. The minimum Gasteiger partial charge on any atom is -0.504 e. The molecule has 0 saturated carbocycles. The Hall–Kier alpha value is -3.75. The summed E-state index contributed by atoms with van der Waals surface area (Å²) in [6, 6.07) is 10.7. The molecule has 2 aromatic carbocycles. The summed E-state index contributed by atoms with van der Waals surface area (Å²) in [5.41, 5.74) is -0.196. The third kappa shape index (κ3) is 7.41. The van der Waals surface area contributed by atoms with Gasteiger partial charge in [-0.25, -0.2) is 14.4 Å². The molecule has 0 bridgehead atoms. The van der Waals surface area contributed by atoms with Gasteiger partial charge in [0.25, 0.3) is 0 Å². The van der Waals surface area contributed by atoms with E-state index in [4.69, 9.17) is 9.47 Å². The molecule has 0 aliphatic rings. The number of hydrogen-bond donors (Lipinski definition) is 4. The Morgan fingerprint density at radius 2 is 1.64 bits per heavy atom. The van der Waals surface area contributed by atoms with Gasteiger partial charge in [-0.2, -0.15) is 0 Å². The van der Waals surface area contributed by atoms with E-state index in [1.165, 1.54) is 18.2 Å². The molecule has 0 aliphatic carbocycles. The molecule has 0 radical (unpaired) electrons. The number of aromatic hydroxyl groups is 2. The molecule has 0 heterocycles. The van der Waals surface area contributed by atoms with Crippen molar-refractivity contribution in [3.8, 4) is 11.5 Å². The second-order valence-electron chi connectivity index (χ2n) is 8.68. The lowest BCUT2D eigenvalue weighted by Crippen LogP contribution is -2.48. The highest BCUT2D eigenvalue weighted by Crippen LogP contribution is 2.35. The van der Waals surface area contributed by atoms with Gasteiger partial charge in [-0.1, -0.05) is 31.2 Å². The molecule has 1 amide bonds. The van der Waals surface area contributed by atoms with E-state index in [1.54, 1.807) is 58.0 Å². The van der Waals surface area contributed by atoms with Gasteiger partial charge in [-0.3, -0.25) is 0 Å². The maximum absolute atomic E-state index is 12.3. The zero-order chi connectivity index (χ0) is 24.8. The molecular formula is C24H29NO8. The van der Waals surface area contributed by atoms with Crippen LogP contribution in [0, 0.1) is 5.92 Å². The number of phenolic OH excluding ortho intramolecular Hbond substituents is 2. The molecule has 33 heavy (non-hydrogen) atoms. The van der Waals surface area contributed by atoms with Gasteiger partial charge in [0.05, 0.1) is 12.2 Å². The summed E-state index contributed by atoms with van der Waals surface area (Å²) in [6.45, 7) is 6.41. The molecule has 2 rings (SSSR count). The van der Waals surface area contributed by atoms with E-state index in [0.717, 1.165) is 0 Å². The van der Waals surface area contributed by atoms with E-state index < -0.39 is 47.3 Å². The van der Waals surface area contributed by atoms with Crippen LogP contribution in [-0.2, 0) is 14.3 Å². The number of hydrogen-bond acceptors (Lipinski definition) is 7. The minimum absolute atomic E-state index is 0.167. The standard InChI is InChI=1S/C24H29NO8/c1-14(13-32-22(30)15-8-6-5-7-9-15)19(16-10-11-17(26)18(27)12-16)20(21(28)29)25-23(31)33-24(2,3)4/h5-12,14,19-20,26-27H,13H2,1-4H3,(H,25,31)(H,28,29)/t14?,19?,20-/m0/s1. The quantitative estimate of drug-likeness (QED) is 0.346. The summed E-state index contributed by atoms with van der Waals surface area (Å²) in [5.74, 6) is -4.32. The first-order chi connectivity index (χ1) is 15.4. The van der Waals surface area contributed by atoms with E-state index in [2.05, 4.69) is 5.32 Å². The summed E-state index contributed by atoms with van der Waals surface area (Å²) in [6.07, 6.45) is -0.934. The topological polar surface area (TPSA) is 142 Å². The monoisotopic (exact) mass is 459 g/mol. The highest BCUT2D eigenvalue weighted by atomic mass is 16.6. The largest absolute Gasteiger partial charge is 0.504 e. The number of carboxylic acid groups (broad SMARTS) is 1. The normalized spacial score (nSPS) is 13.9. The highest BCUT2D eigenvalue weighted by Gasteiger charge is 2.37. The highest BCUT2D eigenvalue weighted by molar-refractivity contribution is 5.89. The number of benzene rings is 2. The van der Waals surface area contributed by atoms with Crippen molar-refractivity contribution >= 4 is 18.0 Å². The molecular weight excluding hydrogens is 430 g/mol. The maximum atomic E-state index is 12.3. The van der Waals surface area contributed by atoms with Gasteiger partial charge in [0.1, 0.15) is 11.6 Å². The van der Waals surface area contributed by atoms with Gasteiger partial charge in [0.2, 0.25) is 0 Å². The van der Waals surface area contributed by atoms with Crippen LogP contribution in [0.4, 0.5) is 4.79 Å². The molecule has 3 atom stereocenters. The minimum atomic E-state index is -1.48. The van der Waals surface area contributed by atoms with Crippen molar-refractivity contribution in [1.29, 1.82) is 0 Å². The zero-order valence-electron chi connectivity index (χ0n) is 18.9. The number of esters is 1. The fourth-order valence-corrected chi connectivity index (χ4v) is 3.31. The van der Waals surface area contributed by atoms with Crippen molar-refractivity contribution in [1.82, 2.24) is 5.32 Å².